The van der Waals surface area contributed by atoms with E-state index in [1.165, 1.54) is 12.3 Å². The van der Waals surface area contributed by atoms with E-state index >= 15 is 0 Å². The smallest absolute Gasteiger partial charge is 0.253 e. The second-order valence-electron chi connectivity index (χ2n) is 8.39. The van der Waals surface area contributed by atoms with Crippen molar-refractivity contribution in [3.63, 3.8) is 0 Å². The van der Waals surface area contributed by atoms with Gasteiger partial charge in [0.25, 0.3) is 11.5 Å². The van der Waals surface area contributed by atoms with E-state index < -0.39 is 5.95 Å². The number of nitrogens with zero attached hydrogens (tertiary/aromatic N) is 2. The third kappa shape index (κ3) is 4.41. The van der Waals surface area contributed by atoms with Gasteiger partial charge in [-0.05, 0) is 69.2 Å². The maximum Gasteiger partial charge on any atom is 0.253 e. The van der Waals surface area contributed by atoms with Gasteiger partial charge in [0, 0.05) is 47.2 Å². The lowest BCUT2D eigenvalue weighted by Gasteiger charge is -2.13. The Kier molecular flexibility index (Phi) is 6.08. The van der Waals surface area contributed by atoms with E-state index in [0.29, 0.717) is 32.7 Å². The molecule has 3 aromatic heterocycles. The number of hydrogen-bond donors (Lipinski definition) is 2. The van der Waals surface area contributed by atoms with Crippen molar-refractivity contribution in [2.45, 2.75) is 40.3 Å². The lowest BCUT2D eigenvalue weighted by Crippen LogP contribution is -2.28. The van der Waals surface area contributed by atoms with Gasteiger partial charge in [-0.25, -0.2) is 4.98 Å². The number of benzene rings is 1. The fourth-order valence-electron chi connectivity index (χ4n) is 4.02. The Labute approximate surface area is 195 Å². The normalized spacial score (nSPS) is 11.4. The number of H-pyrrole nitrogens is 1. The number of amides is 1. The average molecular weight is 467 g/mol. The van der Waals surface area contributed by atoms with E-state index in [9.17, 15) is 14.0 Å². The molecule has 0 saturated carbocycles. The third-order valence-electron chi connectivity index (χ3n) is 5.67. The van der Waals surface area contributed by atoms with Crippen molar-refractivity contribution in [2.24, 2.45) is 0 Å². The van der Waals surface area contributed by atoms with Crippen LogP contribution in [0.4, 0.5) is 4.39 Å². The number of aryl methyl sites for hydroxylation is 2. The summed E-state index contributed by atoms with van der Waals surface area (Å²) in [7, 11) is 0. The van der Waals surface area contributed by atoms with Gasteiger partial charge in [0.15, 0.2) is 0 Å². The lowest BCUT2D eigenvalue weighted by molar-refractivity contribution is 0.0952. The summed E-state index contributed by atoms with van der Waals surface area (Å²) < 4.78 is 15.4. The Bertz CT molecular complexity index is 1420. The second-order valence-corrected chi connectivity index (χ2v) is 8.80. The summed E-state index contributed by atoms with van der Waals surface area (Å²) in [5.74, 6) is -0.940. The molecule has 0 spiro atoms. The van der Waals surface area contributed by atoms with E-state index in [0.717, 1.165) is 16.8 Å². The van der Waals surface area contributed by atoms with Crippen LogP contribution in [-0.4, -0.2) is 20.4 Å². The van der Waals surface area contributed by atoms with Gasteiger partial charge in [-0.2, -0.15) is 4.39 Å². The number of pyridine rings is 2. The number of carbonyl (C=O) groups excluding carboxylic acids is 1. The van der Waals surface area contributed by atoms with Crippen molar-refractivity contribution >= 4 is 28.4 Å². The van der Waals surface area contributed by atoms with E-state index in [1.54, 1.807) is 18.3 Å². The molecule has 4 aromatic rings. The Hall–Kier alpha value is -3.45. The van der Waals surface area contributed by atoms with Crippen molar-refractivity contribution < 1.29 is 9.18 Å². The van der Waals surface area contributed by atoms with Crippen LogP contribution in [0.1, 0.15) is 47.1 Å². The molecule has 0 aliphatic carbocycles. The molecular weight excluding hydrogens is 443 g/mol. The zero-order valence-electron chi connectivity index (χ0n) is 18.8. The lowest BCUT2D eigenvalue weighted by atomic mass is 10.0. The summed E-state index contributed by atoms with van der Waals surface area (Å²) in [6.45, 7) is 7.77. The van der Waals surface area contributed by atoms with Crippen LogP contribution in [0.15, 0.2) is 47.5 Å². The van der Waals surface area contributed by atoms with Crippen LogP contribution < -0.4 is 10.9 Å². The number of aromatic amines is 1. The van der Waals surface area contributed by atoms with Crippen LogP contribution in [0.2, 0.25) is 5.02 Å². The summed E-state index contributed by atoms with van der Waals surface area (Å²) in [6.07, 6.45) is 3.23. The minimum atomic E-state index is -0.579. The number of fused-ring (bicyclic) bond motifs is 1. The van der Waals surface area contributed by atoms with Gasteiger partial charge in [-0.3, -0.25) is 9.59 Å². The van der Waals surface area contributed by atoms with Crippen LogP contribution in [0.3, 0.4) is 0 Å². The van der Waals surface area contributed by atoms with Crippen molar-refractivity contribution in [2.75, 3.05) is 0 Å². The standard InChI is InChI=1S/C25H24ClFN4O2/c1-13(2)31-12-20(26)23-18(8-17(9-21(23)31)16-5-6-22(27)28-10-16)24(32)29-11-19-14(3)7-15(4)30-25(19)33/h5-10,12-13H,11H2,1-4H3,(H,29,32)(H,30,33). The van der Waals surface area contributed by atoms with Gasteiger partial charge in [0.2, 0.25) is 5.95 Å². The maximum atomic E-state index is 13.4. The molecule has 0 unspecified atom stereocenters. The summed E-state index contributed by atoms with van der Waals surface area (Å²) in [4.78, 5) is 32.2. The molecule has 0 bridgehead atoms. The molecule has 33 heavy (non-hydrogen) atoms. The minimum absolute atomic E-state index is 0.0760. The molecule has 170 valence electrons. The van der Waals surface area contributed by atoms with Gasteiger partial charge in [-0.15, -0.1) is 0 Å². The van der Waals surface area contributed by atoms with Gasteiger partial charge < -0.3 is 14.9 Å². The Morgan fingerprint density at radius 2 is 1.97 bits per heavy atom. The zero-order valence-corrected chi connectivity index (χ0v) is 19.5. The molecule has 0 aliphatic rings. The van der Waals surface area contributed by atoms with Crippen molar-refractivity contribution in [1.82, 2.24) is 19.9 Å². The predicted molar refractivity (Wildman–Crippen MR) is 128 cm³/mol. The Balaban J connectivity index is 1.80. The van der Waals surface area contributed by atoms with Crippen molar-refractivity contribution in [3.05, 3.63) is 86.4 Å². The Morgan fingerprint density at radius 1 is 1.21 bits per heavy atom. The van der Waals surface area contributed by atoms with Crippen molar-refractivity contribution in [3.8, 4) is 11.1 Å². The largest absolute Gasteiger partial charge is 0.348 e. The molecule has 6 nitrogen and oxygen atoms in total. The number of halogens is 2. The zero-order chi connectivity index (χ0) is 23.9. The summed E-state index contributed by atoms with van der Waals surface area (Å²) in [5, 5.41) is 3.94. The number of hydrogen-bond acceptors (Lipinski definition) is 3. The molecule has 4 rings (SSSR count). The van der Waals surface area contributed by atoms with Crippen LogP contribution in [0, 0.1) is 19.8 Å². The first-order chi connectivity index (χ1) is 15.7. The van der Waals surface area contributed by atoms with Crippen molar-refractivity contribution in [1.29, 1.82) is 0 Å². The van der Waals surface area contributed by atoms with Gasteiger partial charge >= 0.3 is 0 Å². The summed E-state index contributed by atoms with van der Waals surface area (Å²) >= 11 is 6.56. The van der Waals surface area contributed by atoms with Gasteiger partial charge in [-0.1, -0.05) is 11.6 Å². The first kappa shape index (κ1) is 22.7. The minimum Gasteiger partial charge on any atom is -0.348 e. The predicted octanol–water partition coefficient (Wildman–Crippen LogP) is 5.31. The molecule has 0 saturated heterocycles. The van der Waals surface area contributed by atoms with Crippen LogP contribution in [-0.2, 0) is 6.54 Å². The van der Waals surface area contributed by atoms with Crippen LogP contribution in [0.25, 0.3) is 22.0 Å². The highest BCUT2D eigenvalue weighted by molar-refractivity contribution is 6.37. The van der Waals surface area contributed by atoms with E-state index in [4.69, 9.17) is 11.6 Å². The quantitative estimate of drug-likeness (QED) is 0.391. The third-order valence-corrected chi connectivity index (χ3v) is 5.95. The molecule has 3 heterocycles. The van der Waals surface area contributed by atoms with E-state index in [-0.39, 0.29) is 24.1 Å². The maximum absolute atomic E-state index is 13.4. The van der Waals surface area contributed by atoms with E-state index in [1.807, 2.05) is 44.4 Å². The monoisotopic (exact) mass is 466 g/mol. The molecule has 2 N–H and O–H groups in total. The second kappa shape index (κ2) is 8.83. The fourth-order valence-corrected chi connectivity index (χ4v) is 4.33. The number of nitrogens with one attached hydrogen (secondary N) is 2. The van der Waals surface area contributed by atoms with E-state index in [2.05, 4.69) is 15.3 Å². The first-order valence-electron chi connectivity index (χ1n) is 10.6. The summed E-state index contributed by atoms with van der Waals surface area (Å²) in [5.41, 5.74) is 4.37. The molecule has 0 radical (unpaired) electrons. The highest BCUT2D eigenvalue weighted by Gasteiger charge is 2.20. The molecular formula is C25H24ClFN4O2. The average Bonchev–Trinajstić information content (AvgIpc) is 3.09. The number of carbonyl (C=O) groups is 1. The number of rotatable bonds is 5. The fraction of sp³-hybridized carbons (Fsp3) is 0.240. The Morgan fingerprint density at radius 3 is 2.61 bits per heavy atom. The molecule has 8 heteroatoms. The highest BCUT2D eigenvalue weighted by Crippen LogP contribution is 2.35. The SMILES string of the molecule is Cc1cc(C)c(CNC(=O)c2cc(-c3ccc(F)nc3)cc3c2c(Cl)cn3C(C)C)c(=O)[nH]1. The number of aromatic nitrogens is 3. The molecule has 0 atom stereocenters. The molecule has 1 aromatic carbocycles. The summed E-state index contributed by atoms with van der Waals surface area (Å²) in [6, 6.07) is 8.50. The van der Waals surface area contributed by atoms with Gasteiger partial charge in [0.1, 0.15) is 0 Å². The van der Waals surface area contributed by atoms with Crippen LogP contribution >= 0.6 is 11.6 Å². The molecule has 0 aliphatic heterocycles. The first-order valence-corrected chi connectivity index (χ1v) is 11.0. The molecule has 0 fully saturated rings. The highest BCUT2D eigenvalue weighted by atomic mass is 35.5. The van der Waals surface area contributed by atoms with Crippen LogP contribution in [0.5, 0.6) is 0 Å². The molecule has 1 amide bonds. The topological polar surface area (TPSA) is 79.8 Å². The van der Waals surface area contributed by atoms with Gasteiger partial charge in [0.05, 0.1) is 16.1 Å².